The summed E-state index contributed by atoms with van der Waals surface area (Å²) >= 11 is 0. The number of carbonyl (C=O) groups is 1. The number of rotatable bonds is 4. The van der Waals surface area contributed by atoms with E-state index in [1.165, 1.54) is 33.4 Å². The zero-order valence-corrected chi connectivity index (χ0v) is 12.0. The molecule has 1 aromatic heterocycles. The minimum Gasteiger partial charge on any atom is -0.474 e. The Bertz CT molecular complexity index is 430. The van der Waals surface area contributed by atoms with E-state index in [9.17, 15) is 4.79 Å². The van der Waals surface area contributed by atoms with Crippen LogP contribution in [0.3, 0.4) is 0 Å². The lowest BCUT2D eigenvalue weighted by Crippen LogP contribution is -2.30. The van der Waals surface area contributed by atoms with Crippen LogP contribution in [0.1, 0.15) is 32.1 Å². The lowest BCUT2D eigenvalue weighted by molar-refractivity contribution is -0.0598. The van der Waals surface area contributed by atoms with Crippen LogP contribution in [0.5, 0.6) is 5.88 Å². The molecular formula is C14H21N3O3. The van der Waals surface area contributed by atoms with E-state index in [4.69, 9.17) is 9.57 Å². The second kappa shape index (κ2) is 7.09. The highest BCUT2D eigenvalue weighted by molar-refractivity contribution is 5.88. The Labute approximate surface area is 119 Å². The van der Waals surface area contributed by atoms with Crippen molar-refractivity contribution in [1.82, 2.24) is 10.0 Å². The fraction of sp³-hybridized carbons (Fsp3) is 0.571. The number of urea groups is 1. The predicted octanol–water partition coefficient (Wildman–Crippen LogP) is 2.82. The molecule has 0 atom stereocenters. The van der Waals surface area contributed by atoms with Crippen molar-refractivity contribution in [2.75, 3.05) is 19.5 Å². The maximum Gasteiger partial charge on any atom is 0.345 e. The fourth-order valence-corrected chi connectivity index (χ4v) is 2.16. The number of hydrogen-bond donors (Lipinski definition) is 1. The molecule has 6 heteroatoms. The summed E-state index contributed by atoms with van der Waals surface area (Å²) in [6.07, 6.45) is 7.79. The number of pyridine rings is 1. The molecule has 0 aliphatic heterocycles. The molecule has 2 amide bonds. The van der Waals surface area contributed by atoms with Gasteiger partial charge in [-0.3, -0.25) is 4.84 Å². The van der Waals surface area contributed by atoms with E-state index in [-0.39, 0.29) is 12.1 Å². The lowest BCUT2D eigenvalue weighted by atomic mass is 9.98. The van der Waals surface area contributed by atoms with E-state index in [1.807, 2.05) is 0 Å². The van der Waals surface area contributed by atoms with Crippen LogP contribution in [0.15, 0.2) is 18.3 Å². The number of aromatic nitrogens is 1. The minimum atomic E-state index is -0.352. The maximum absolute atomic E-state index is 11.6. The van der Waals surface area contributed by atoms with E-state index in [0.717, 1.165) is 17.9 Å². The van der Waals surface area contributed by atoms with Gasteiger partial charge in [-0.25, -0.2) is 14.8 Å². The van der Waals surface area contributed by atoms with Gasteiger partial charge in [0.25, 0.3) is 0 Å². The first-order valence-electron chi connectivity index (χ1n) is 6.90. The molecule has 0 aromatic carbocycles. The molecule has 0 unspecified atom stereocenters. The molecule has 1 aliphatic carbocycles. The van der Waals surface area contributed by atoms with Gasteiger partial charge in [-0.1, -0.05) is 6.42 Å². The molecule has 0 saturated heterocycles. The van der Waals surface area contributed by atoms with Crippen molar-refractivity contribution in [3.05, 3.63) is 18.3 Å². The number of anilines is 1. The average molecular weight is 279 g/mol. The molecule has 1 heterocycles. The van der Waals surface area contributed by atoms with Crippen molar-refractivity contribution in [2.24, 2.45) is 0 Å². The van der Waals surface area contributed by atoms with Crippen LogP contribution in [-0.2, 0) is 4.84 Å². The molecule has 20 heavy (non-hydrogen) atoms. The van der Waals surface area contributed by atoms with E-state index in [1.54, 1.807) is 18.3 Å². The molecule has 0 spiro atoms. The fourth-order valence-electron chi connectivity index (χ4n) is 2.16. The summed E-state index contributed by atoms with van der Waals surface area (Å²) in [5.74, 6) is 0.606. The van der Waals surface area contributed by atoms with Crippen molar-refractivity contribution in [1.29, 1.82) is 0 Å². The number of amides is 2. The number of nitrogens with zero attached hydrogens (tertiary/aromatic N) is 2. The predicted molar refractivity (Wildman–Crippen MR) is 75.5 cm³/mol. The third-order valence-corrected chi connectivity index (χ3v) is 3.39. The Hall–Kier alpha value is -1.82. The molecule has 110 valence electrons. The van der Waals surface area contributed by atoms with Crippen molar-refractivity contribution in [3.63, 3.8) is 0 Å². The van der Waals surface area contributed by atoms with Crippen LogP contribution in [0.25, 0.3) is 0 Å². The summed E-state index contributed by atoms with van der Waals surface area (Å²) in [5.41, 5.74) is 0.606. The van der Waals surface area contributed by atoms with Crippen molar-refractivity contribution >= 4 is 11.7 Å². The molecule has 0 radical (unpaired) electrons. The van der Waals surface area contributed by atoms with E-state index in [2.05, 4.69) is 10.3 Å². The summed E-state index contributed by atoms with van der Waals surface area (Å²) < 4.78 is 5.82. The van der Waals surface area contributed by atoms with Gasteiger partial charge in [0.2, 0.25) is 5.88 Å². The largest absolute Gasteiger partial charge is 0.474 e. The van der Waals surface area contributed by atoms with Gasteiger partial charge in [-0.15, -0.1) is 0 Å². The van der Waals surface area contributed by atoms with Gasteiger partial charge in [-0.05, 0) is 31.7 Å². The summed E-state index contributed by atoms with van der Waals surface area (Å²) in [6, 6.07) is 3.19. The summed E-state index contributed by atoms with van der Waals surface area (Å²) in [4.78, 5) is 20.6. The summed E-state index contributed by atoms with van der Waals surface area (Å²) in [7, 11) is 2.96. The Morgan fingerprint density at radius 2 is 2.10 bits per heavy atom. The standard InChI is InChI=1S/C14H21N3O3/c1-17(19-2)14(18)16-11-8-9-13(15-10-11)20-12-6-4-3-5-7-12/h8-10,12H,3-7H2,1-2H3,(H,16,18). The Kier molecular flexibility index (Phi) is 5.17. The third kappa shape index (κ3) is 4.09. The zero-order valence-electron chi connectivity index (χ0n) is 12.0. The van der Waals surface area contributed by atoms with Gasteiger partial charge in [0, 0.05) is 13.1 Å². The van der Waals surface area contributed by atoms with Crippen molar-refractivity contribution in [2.45, 2.75) is 38.2 Å². The number of hydroxylamine groups is 2. The molecule has 1 aromatic rings. The van der Waals surface area contributed by atoms with Gasteiger partial charge in [0.15, 0.2) is 0 Å². The van der Waals surface area contributed by atoms with Gasteiger partial charge in [0.05, 0.1) is 19.0 Å². The Balaban J connectivity index is 1.87. The monoisotopic (exact) mass is 279 g/mol. The molecule has 0 bridgehead atoms. The van der Waals surface area contributed by atoms with Crippen LogP contribution in [0.2, 0.25) is 0 Å². The molecular weight excluding hydrogens is 258 g/mol. The Morgan fingerprint density at radius 1 is 1.35 bits per heavy atom. The average Bonchev–Trinajstić information content (AvgIpc) is 2.49. The lowest BCUT2D eigenvalue weighted by Gasteiger charge is -2.22. The molecule has 1 fully saturated rings. The highest BCUT2D eigenvalue weighted by atomic mass is 16.7. The highest BCUT2D eigenvalue weighted by Crippen LogP contribution is 2.22. The summed E-state index contributed by atoms with van der Waals surface area (Å²) in [5, 5.41) is 3.77. The normalized spacial score (nSPS) is 15.7. The number of hydrogen-bond acceptors (Lipinski definition) is 4. The molecule has 2 rings (SSSR count). The first-order chi connectivity index (χ1) is 9.69. The second-order valence-electron chi connectivity index (χ2n) is 4.87. The smallest absolute Gasteiger partial charge is 0.345 e. The van der Waals surface area contributed by atoms with Gasteiger partial charge >= 0.3 is 6.03 Å². The first-order valence-corrected chi connectivity index (χ1v) is 6.90. The molecule has 6 nitrogen and oxygen atoms in total. The van der Waals surface area contributed by atoms with Crippen molar-refractivity contribution < 1.29 is 14.4 Å². The zero-order chi connectivity index (χ0) is 14.4. The van der Waals surface area contributed by atoms with Crippen LogP contribution in [0, 0.1) is 0 Å². The Morgan fingerprint density at radius 3 is 2.70 bits per heavy atom. The molecule has 1 saturated carbocycles. The minimum absolute atomic E-state index is 0.274. The highest BCUT2D eigenvalue weighted by Gasteiger charge is 2.15. The summed E-state index contributed by atoms with van der Waals surface area (Å²) in [6.45, 7) is 0. The third-order valence-electron chi connectivity index (χ3n) is 3.39. The SMILES string of the molecule is CON(C)C(=O)Nc1ccc(OC2CCCCC2)nc1. The number of nitrogens with one attached hydrogen (secondary N) is 1. The van der Waals surface area contributed by atoms with E-state index < -0.39 is 0 Å². The second-order valence-corrected chi connectivity index (χ2v) is 4.87. The molecule has 1 N–H and O–H groups in total. The quantitative estimate of drug-likeness (QED) is 0.861. The topological polar surface area (TPSA) is 63.7 Å². The van der Waals surface area contributed by atoms with Gasteiger partial charge in [0.1, 0.15) is 6.10 Å². The first kappa shape index (κ1) is 14.6. The molecule has 1 aliphatic rings. The number of carbonyl (C=O) groups excluding carboxylic acids is 1. The van der Waals surface area contributed by atoms with E-state index >= 15 is 0 Å². The van der Waals surface area contributed by atoms with Gasteiger partial charge < -0.3 is 10.1 Å². The number of ether oxygens (including phenoxy) is 1. The maximum atomic E-state index is 11.6. The van der Waals surface area contributed by atoms with Crippen LogP contribution >= 0.6 is 0 Å². The van der Waals surface area contributed by atoms with Crippen molar-refractivity contribution in [3.8, 4) is 5.88 Å². The van der Waals surface area contributed by atoms with E-state index in [0.29, 0.717) is 11.6 Å². The van der Waals surface area contributed by atoms with Crippen LogP contribution in [0.4, 0.5) is 10.5 Å². The van der Waals surface area contributed by atoms with Gasteiger partial charge in [-0.2, -0.15) is 0 Å². The van der Waals surface area contributed by atoms with Crippen LogP contribution < -0.4 is 10.1 Å². The van der Waals surface area contributed by atoms with Crippen LogP contribution in [-0.4, -0.2) is 36.3 Å².